The molecule has 0 bridgehead atoms. The van der Waals surface area contributed by atoms with Crippen LogP contribution < -0.4 is 24.8 Å². The van der Waals surface area contributed by atoms with Gasteiger partial charge in [0.15, 0.2) is 0 Å². The van der Waals surface area contributed by atoms with Gasteiger partial charge in [-0.2, -0.15) is 6.08 Å². The van der Waals surface area contributed by atoms with Crippen molar-refractivity contribution < 1.29 is 49.0 Å². The second kappa shape index (κ2) is 16.2. The van der Waals surface area contributed by atoms with Crippen LogP contribution in [-0.4, -0.2) is 3.21 Å². The molecule has 0 heterocycles. The van der Waals surface area contributed by atoms with E-state index < -0.39 is 0 Å². The number of hydrogen-bond donors (Lipinski definition) is 0. The maximum atomic E-state index is 3.15. The Hall–Kier alpha value is -2.96. The zero-order valence-corrected chi connectivity index (χ0v) is 34.7. The molecule has 0 fully saturated rings. The summed E-state index contributed by atoms with van der Waals surface area (Å²) in [6.07, 6.45) is 14.5. The molecule has 5 aromatic carbocycles. The first kappa shape index (κ1) is 39.8. The molecule has 0 amide bonds. The monoisotopic (exact) mass is 772 g/mol. The summed E-state index contributed by atoms with van der Waals surface area (Å²) in [5, 5.41) is 5.61. The van der Waals surface area contributed by atoms with Gasteiger partial charge in [-0.25, -0.2) is 11.6 Å². The van der Waals surface area contributed by atoms with Crippen LogP contribution in [0.25, 0.3) is 32.7 Å². The molecule has 1 unspecified atom stereocenters. The number of fused-ring (bicyclic) bond motifs is 5. The maximum absolute atomic E-state index is 3.15. The Kier molecular flexibility index (Phi) is 12.9. The Bertz CT molecular complexity index is 1980. The number of rotatable bonds is 2. The quantitative estimate of drug-likeness (QED) is 0.177. The number of benzene rings is 4. The number of allylic oxidation sites excluding steroid dienone is 8. The number of halogens is 2. The second-order valence-corrected chi connectivity index (χ2v) is 16.4. The minimum absolute atomic E-state index is 0. The van der Waals surface area contributed by atoms with Crippen LogP contribution in [0.1, 0.15) is 102 Å². The van der Waals surface area contributed by atoms with E-state index in [-0.39, 0.29) is 35.6 Å². The van der Waals surface area contributed by atoms with E-state index in [1.165, 1.54) is 99.1 Å². The van der Waals surface area contributed by atoms with Crippen molar-refractivity contribution in [3.05, 3.63) is 160 Å². The first-order valence-electron chi connectivity index (χ1n) is 17.4. The molecule has 0 N–H and O–H groups in total. The van der Waals surface area contributed by atoms with Gasteiger partial charge >= 0.3 is 99.2 Å². The van der Waals surface area contributed by atoms with E-state index in [1.54, 1.807) is 0 Å². The molecular weight excluding hydrogens is 727 g/mol. The van der Waals surface area contributed by atoms with Gasteiger partial charge in [0.1, 0.15) is 0 Å². The average molecular weight is 775 g/mol. The van der Waals surface area contributed by atoms with E-state index in [1.807, 2.05) is 6.08 Å². The molecule has 0 saturated heterocycles. The third-order valence-electron chi connectivity index (χ3n) is 10.3. The Morgan fingerprint density at radius 2 is 1.10 bits per heavy atom. The van der Waals surface area contributed by atoms with Crippen LogP contribution >= 0.6 is 0 Å². The van der Waals surface area contributed by atoms with E-state index in [4.69, 9.17) is 0 Å². The van der Waals surface area contributed by atoms with Crippen LogP contribution in [0.3, 0.4) is 0 Å². The molecule has 0 nitrogen and oxygen atoms in total. The summed E-state index contributed by atoms with van der Waals surface area (Å²) in [7, 11) is 0. The fraction of sp³-hybridized carbons (Fsp3) is 0.277. The van der Waals surface area contributed by atoms with Crippen molar-refractivity contribution in [1.29, 1.82) is 0 Å². The van der Waals surface area contributed by atoms with Crippen LogP contribution in [0, 0.1) is 12.0 Å². The van der Waals surface area contributed by atoms with Gasteiger partial charge in [-0.15, -0.1) is 46.7 Å². The molecule has 5 aromatic rings. The van der Waals surface area contributed by atoms with Crippen molar-refractivity contribution in [2.75, 3.05) is 0 Å². The van der Waals surface area contributed by atoms with Crippen molar-refractivity contribution in [3.8, 4) is 0 Å². The van der Waals surface area contributed by atoms with Gasteiger partial charge < -0.3 is 24.8 Å². The van der Waals surface area contributed by atoms with Crippen LogP contribution in [0.4, 0.5) is 0 Å². The summed E-state index contributed by atoms with van der Waals surface area (Å²) >= 11 is 1.46. The molecule has 3 aliphatic rings. The minimum atomic E-state index is 0. The molecular formula is C47H48Cl2Zr-2. The van der Waals surface area contributed by atoms with Crippen molar-refractivity contribution in [2.45, 2.75) is 79.1 Å². The first-order chi connectivity index (χ1) is 22.8. The van der Waals surface area contributed by atoms with Crippen LogP contribution in [0.2, 0.25) is 0 Å². The molecule has 3 aliphatic carbocycles. The predicted octanol–water partition coefficient (Wildman–Crippen LogP) is 6.63. The molecule has 0 spiro atoms. The molecule has 3 heteroatoms. The number of hydrogen-bond acceptors (Lipinski definition) is 0. The molecule has 0 aliphatic heterocycles. The average Bonchev–Trinajstić information content (AvgIpc) is 3.65. The summed E-state index contributed by atoms with van der Waals surface area (Å²) in [6.45, 7) is 18.3. The molecule has 50 heavy (non-hydrogen) atoms. The van der Waals surface area contributed by atoms with Gasteiger partial charge in [0, 0.05) is 0 Å². The third kappa shape index (κ3) is 8.39. The fourth-order valence-electron chi connectivity index (χ4n) is 7.26. The van der Waals surface area contributed by atoms with Crippen LogP contribution in [-0.2, 0) is 35.1 Å². The molecule has 256 valence electrons. The molecule has 0 radical (unpaired) electrons. The van der Waals surface area contributed by atoms with E-state index in [0.717, 1.165) is 12.8 Å². The Balaban J connectivity index is 0.000000204. The Morgan fingerprint density at radius 1 is 0.680 bits per heavy atom. The summed E-state index contributed by atoms with van der Waals surface area (Å²) < 4.78 is 1.42. The zero-order chi connectivity index (χ0) is 34.2. The van der Waals surface area contributed by atoms with Crippen molar-refractivity contribution in [1.82, 2.24) is 0 Å². The summed E-state index contributed by atoms with van der Waals surface area (Å²) in [5.74, 6) is 0.556. The van der Waals surface area contributed by atoms with E-state index >= 15 is 0 Å². The standard InChI is InChI=1S/C27H29.C13H10.C7H9.2ClH.Zr/c1-16-7-9-26(3,4)24-12-18-11-19-13-25-21(17(2)8-10-27(25,5)6)15-23(19)22(18)14-20(16)24;1-3-7-12(8-4-1)11-13-9-5-2-6-10-13;1-6-3-4-7(2)5-6;;;/h7-8,11-15H,9-10H2,1-6H3;1-10H;3,5,7H,1-2H3;2*1H;/q-1;;-1;;;+2/p-2. The normalized spacial score (nSPS) is 17.6. The SMILES string of the molecule is CC1=CC(C)[C-]=C1.CC1=CCC(C)(C)c2cc3[cH-]c4cc5c(cc4c3cc21)C(C)=CCC5(C)C.[Cl-].[Cl-].[Zr+2]=[C](c1ccccc1)c1ccccc1. The molecule has 0 saturated carbocycles. The first-order valence-corrected chi connectivity index (χ1v) is 18.6. The van der Waals surface area contributed by atoms with Crippen molar-refractivity contribution >= 4 is 35.9 Å². The van der Waals surface area contributed by atoms with Gasteiger partial charge in [-0.3, -0.25) is 6.08 Å². The van der Waals surface area contributed by atoms with Gasteiger partial charge in [-0.05, 0) is 59.8 Å². The fourth-order valence-corrected chi connectivity index (χ4v) is 8.08. The van der Waals surface area contributed by atoms with E-state index in [9.17, 15) is 0 Å². The second-order valence-electron chi connectivity index (χ2n) is 15.2. The van der Waals surface area contributed by atoms with E-state index in [2.05, 4.69) is 171 Å². The van der Waals surface area contributed by atoms with Crippen molar-refractivity contribution in [2.24, 2.45) is 5.92 Å². The summed E-state index contributed by atoms with van der Waals surface area (Å²) in [6, 6.07) is 33.4. The zero-order valence-electron chi connectivity index (χ0n) is 30.7. The summed E-state index contributed by atoms with van der Waals surface area (Å²) in [5.41, 5.74) is 13.2. The molecule has 8 rings (SSSR count). The van der Waals surface area contributed by atoms with Gasteiger partial charge in [0.05, 0.1) is 0 Å². The van der Waals surface area contributed by atoms with Gasteiger partial charge in [0.2, 0.25) is 0 Å². The topological polar surface area (TPSA) is 0 Å². The third-order valence-corrected chi connectivity index (χ3v) is 11.8. The van der Waals surface area contributed by atoms with Crippen LogP contribution in [0.5, 0.6) is 0 Å². The van der Waals surface area contributed by atoms with Crippen LogP contribution in [0.15, 0.2) is 121 Å². The van der Waals surface area contributed by atoms with Gasteiger partial charge in [-0.1, -0.05) is 75.9 Å². The van der Waals surface area contributed by atoms with E-state index in [0.29, 0.717) is 5.92 Å². The molecule has 1 atom stereocenters. The molecule has 0 aromatic heterocycles. The van der Waals surface area contributed by atoms with Crippen molar-refractivity contribution in [3.63, 3.8) is 0 Å². The summed E-state index contributed by atoms with van der Waals surface area (Å²) in [4.78, 5) is 0. The van der Waals surface area contributed by atoms with Gasteiger partial charge in [0.25, 0.3) is 0 Å². The Labute approximate surface area is 328 Å². The Morgan fingerprint density at radius 3 is 1.44 bits per heavy atom. The predicted molar refractivity (Wildman–Crippen MR) is 206 cm³/mol.